The third kappa shape index (κ3) is 3.67. The van der Waals surface area contributed by atoms with Gasteiger partial charge in [-0.15, -0.1) is 21.5 Å². The van der Waals surface area contributed by atoms with Crippen molar-refractivity contribution in [2.75, 3.05) is 18.8 Å². The van der Waals surface area contributed by atoms with Crippen LogP contribution in [0.5, 0.6) is 0 Å². The molecule has 154 valence electrons. The molecule has 5 rings (SSSR count). The number of amides is 1. The Hall–Kier alpha value is -2.52. The average molecular weight is 439 g/mol. The summed E-state index contributed by atoms with van der Waals surface area (Å²) in [6, 6.07) is 10.2. The molecule has 30 heavy (non-hydrogen) atoms. The molecule has 1 amide bonds. The molecule has 1 unspecified atom stereocenters. The number of nitrogens with zero attached hydrogens (tertiary/aromatic N) is 6. The van der Waals surface area contributed by atoms with Crippen LogP contribution >= 0.6 is 23.1 Å². The zero-order valence-corrected chi connectivity index (χ0v) is 18.5. The van der Waals surface area contributed by atoms with E-state index < -0.39 is 0 Å². The summed E-state index contributed by atoms with van der Waals surface area (Å²) in [7, 11) is 0. The van der Waals surface area contributed by atoms with Crippen LogP contribution in [0.1, 0.15) is 35.2 Å². The minimum absolute atomic E-state index is 0.139. The minimum Gasteiger partial charge on any atom is -0.341 e. The van der Waals surface area contributed by atoms with Crippen molar-refractivity contribution in [3.8, 4) is 0 Å². The van der Waals surface area contributed by atoms with Gasteiger partial charge < -0.3 is 4.90 Å². The van der Waals surface area contributed by atoms with Gasteiger partial charge in [0.2, 0.25) is 5.91 Å². The summed E-state index contributed by atoms with van der Waals surface area (Å²) in [6.45, 7) is 5.49. The van der Waals surface area contributed by atoms with Crippen LogP contribution < -0.4 is 0 Å². The van der Waals surface area contributed by atoms with Crippen LogP contribution in [-0.4, -0.2) is 54.2 Å². The molecule has 1 aliphatic rings. The van der Waals surface area contributed by atoms with Gasteiger partial charge in [-0.2, -0.15) is 0 Å². The third-order valence-corrected chi connectivity index (χ3v) is 7.53. The molecule has 4 aromatic rings. The van der Waals surface area contributed by atoms with Crippen LogP contribution in [0.2, 0.25) is 0 Å². The summed E-state index contributed by atoms with van der Waals surface area (Å²) >= 11 is 3.17. The lowest BCUT2D eigenvalue weighted by Gasteiger charge is -2.31. The van der Waals surface area contributed by atoms with E-state index in [2.05, 4.69) is 27.3 Å². The van der Waals surface area contributed by atoms with Crippen LogP contribution in [0.3, 0.4) is 0 Å². The van der Waals surface area contributed by atoms with Gasteiger partial charge >= 0.3 is 0 Å². The zero-order chi connectivity index (χ0) is 20.7. The number of likely N-dealkylation sites (tertiary alicyclic amines) is 1. The molecule has 1 atom stereocenters. The average Bonchev–Trinajstić information content (AvgIpc) is 3.36. The first kappa shape index (κ1) is 19.4. The summed E-state index contributed by atoms with van der Waals surface area (Å²) in [5.41, 5.74) is 2.98. The topological polar surface area (TPSA) is 76.3 Å². The molecule has 9 heteroatoms. The van der Waals surface area contributed by atoms with Gasteiger partial charge in [0, 0.05) is 30.4 Å². The number of hydrogen-bond donors (Lipinski definition) is 0. The van der Waals surface area contributed by atoms with Gasteiger partial charge in [0.1, 0.15) is 0 Å². The predicted molar refractivity (Wildman–Crippen MR) is 119 cm³/mol. The SMILES string of the molecule is Cc1cc(C)n2c(SCC(=O)N3CCCC(c4nc5ccccc5s4)C3)nnc2n1. The molecule has 3 aromatic heterocycles. The van der Waals surface area contributed by atoms with Crippen molar-refractivity contribution in [3.63, 3.8) is 0 Å². The van der Waals surface area contributed by atoms with E-state index in [4.69, 9.17) is 4.98 Å². The first-order valence-electron chi connectivity index (χ1n) is 10.0. The Morgan fingerprint density at radius 3 is 2.97 bits per heavy atom. The number of carbonyl (C=O) groups is 1. The lowest BCUT2D eigenvalue weighted by molar-refractivity contribution is -0.129. The Labute approximate surface area is 182 Å². The van der Waals surface area contributed by atoms with Crippen LogP contribution in [0.25, 0.3) is 16.0 Å². The van der Waals surface area contributed by atoms with E-state index in [-0.39, 0.29) is 5.91 Å². The van der Waals surface area contributed by atoms with Crippen molar-refractivity contribution in [3.05, 3.63) is 46.7 Å². The van der Waals surface area contributed by atoms with Crippen molar-refractivity contribution in [1.29, 1.82) is 0 Å². The lowest BCUT2D eigenvalue weighted by atomic mass is 9.99. The molecule has 0 radical (unpaired) electrons. The van der Waals surface area contributed by atoms with Gasteiger partial charge in [0.15, 0.2) is 5.16 Å². The van der Waals surface area contributed by atoms with E-state index >= 15 is 0 Å². The van der Waals surface area contributed by atoms with Gasteiger partial charge in [0.25, 0.3) is 5.78 Å². The quantitative estimate of drug-likeness (QED) is 0.451. The fourth-order valence-electron chi connectivity index (χ4n) is 3.98. The number of fused-ring (bicyclic) bond motifs is 2. The smallest absolute Gasteiger partial charge is 0.256 e. The molecule has 0 N–H and O–H groups in total. The number of piperidine rings is 1. The van der Waals surface area contributed by atoms with Crippen molar-refractivity contribution in [2.45, 2.75) is 37.8 Å². The fourth-order valence-corrected chi connectivity index (χ4v) is 5.96. The molecular weight excluding hydrogens is 416 g/mol. The predicted octanol–water partition coefficient (Wildman–Crippen LogP) is 3.85. The second-order valence-electron chi connectivity index (χ2n) is 7.64. The second-order valence-corrected chi connectivity index (χ2v) is 9.65. The maximum atomic E-state index is 12.9. The van der Waals surface area contributed by atoms with Crippen LogP contribution in [0.15, 0.2) is 35.5 Å². The van der Waals surface area contributed by atoms with Gasteiger partial charge in [-0.1, -0.05) is 23.9 Å². The highest BCUT2D eigenvalue weighted by Gasteiger charge is 2.27. The van der Waals surface area contributed by atoms with Crippen molar-refractivity contribution >= 4 is 45.0 Å². The molecule has 0 bridgehead atoms. The largest absolute Gasteiger partial charge is 0.341 e. The first-order chi connectivity index (χ1) is 14.6. The maximum absolute atomic E-state index is 12.9. The molecule has 1 fully saturated rings. The van der Waals surface area contributed by atoms with Gasteiger partial charge in [-0.3, -0.25) is 9.20 Å². The van der Waals surface area contributed by atoms with Crippen molar-refractivity contribution in [2.24, 2.45) is 0 Å². The van der Waals surface area contributed by atoms with E-state index in [9.17, 15) is 4.79 Å². The summed E-state index contributed by atoms with van der Waals surface area (Å²) in [5, 5.41) is 10.2. The van der Waals surface area contributed by atoms with E-state index in [0.717, 1.165) is 47.8 Å². The van der Waals surface area contributed by atoms with Crippen LogP contribution in [0, 0.1) is 13.8 Å². The number of aromatic nitrogens is 5. The highest BCUT2D eigenvalue weighted by molar-refractivity contribution is 7.99. The van der Waals surface area contributed by atoms with Crippen molar-refractivity contribution < 1.29 is 4.79 Å². The minimum atomic E-state index is 0.139. The first-order valence-corrected chi connectivity index (χ1v) is 11.8. The Morgan fingerprint density at radius 2 is 2.10 bits per heavy atom. The maximum Gasteiger partial charge on any atom is 0.256 e. The number of hydrogen-bond acceptors (Lipinski definition) is 7. The molecule has 1 aliphatic heterocycles. The van der Waals surface area contributed by atoms with E-state index in [1.54, 1.807) is 11.3 Å². The summed E-state index contributed by atoms with van der Waals surface area (Å²) < 4.78 is 3.12. The number of carbonyl (C=O) groups excluding carboxylic acids is 1. The molecular formula is C21H22N6OS2. The highest BCUT2D eigenvalue weighted by Crippen LogP contribution is 2.33. The number of aryl methyl sites for hydroxylation is 2. The van der Waals surface area contributed by atoms with Crippen molar-refractivity contribution in [1.82, 2.24) is 29.5 Å². The monoisotopic (exact) mass is 438 g/mol. The molecule has 1 saturated heterocycles. The summed E-state index contributed by atoms with van der Waals surface area (Å²) in [5.74, 6) is 1.38. The Balaban J connectivity index is 1.27. The van der Waals surface area contributed by atoms with E-state index in [1.807, 2.05) is 41.3 Å². The van der Waals surface area contributed by atoms with Gasteiger partial charge in [0.05, 0.1) is 21.0 Å². The molecule has 0 saturated carbocycles. The normalized spacial score (nSPS) is 17.1. The Kier molecular flexibility index (Phi) is 5.16. The summed E-state index contributed by atoms with van der Waals surface area (Å²) in [4.78, 5) is 24.1. The molecule has 7 nitrogen and oxygen atoms in total. The zero-order valence-electron chi connectivity index (χ0n) is 16.9. The molecule has 1 aromatic carbocycles. The number of thioether (sulfide) groups is 1. The van der Waals surface area contributed by atoms with Crippen LogP contribution in [-0.2, 0) is 4.79 Å². The molecule has 0 aliphatic carbocycles. The molecule has 0 spiro atoms. The Bertz CT molecular complexity index is 1200. The Morgan fingerprint density at radius 1 is 1.23 bits per heavy atom. The third-order valence-electron chi connectivity index (χ3n) is 5.42. The highest BCUT2D eigenvalue weighted by atomic mass is 32.2. The van der Waals surface area contributed by atoms with E-state index in [1.165, 1.54) is 16.5 Å². The van der Waals surface area contributed by atoms with Crippen LogP contribution in [0.4, 0.5) is 0 Å². The number of benzene rings is 1. The van der Waals surface area contributed by atoms with Gasteiger partial charge in [-0.05, 0) is 44.9 Å². The number of rotatable bonds is 4. The number of thiazole rings is 1. The second kappa shape index (κ2) is 7.96. The van der Waals surface area contributed by atoms with E-state index in [0.29, 0.717) is 22.6 Å². The standard InChI is InChI=1S/C21H22N6OS2/c1-13-10-14(2)27-20(22-13)24-25-21(27)29-12-18(28)26-9-5-6-15(11-26)19-23-16-7-3-4-8-17(16)30-19/h3-4,7-8,10,15H,5-6,9,11-12H2,1-2H3. The van der Waals surface area contributed by atoms with Gasteiger partial charge in [-0.25, -0.2) is 9.97 Å². The lowest BCUT2D eigenvalue weighted by Crippen LogP contribution is -2.40. The fraction of sp³-hybridized carbons (Fsp3) is 0.381. The number of para-hydroxylation sites is 1. The summed E-state index contributed by atoms with van der Waals surface area (Å²) in [6.07, 6.45) is 2.09. The molecule has 4 heterocycles.